The summed E-state index contributed by atoms with van der Waals surface area (Å²) in [5.41, 5.74) is 1.70. The van der Waals surface area contributed by atoms with Gasteiger partial charge in [0.25, 0.3) is 0 Å². The minimum Gasteiger partial charge on any atom is -0.487 e. The summed E-state index contributed by atoms with van der Waals surface area (Å²) in [6.07, 6.45) is -3.42. The van der Waals surface area contributed by atoms with Crippen LogP contribution in [-0.2, 0) is 17.8 Å². The van der Waals surface area contributed by atoms with E-state index >= 15 is 0 Å². The van der Waals surface area contributed by atoms with Crippen molar-refractivity contribution in [2.24, 2.45) is 0 Å². The molecule has 0 unspecified atom stereocenters. The molecule has 0 bridgehead atoms. The number of aromatic nitrogens is 3. The summed E-state index contributed by atoms with van der Waals surface area (Å²) >= 11 is 0. The second-order valence-electron chi connectivity index (χ2n) is 7.20. The number of carbonyl (C=O) groups is 1. The van der Waals surface area contributed by atoms with Crippen molar-refractivity contribution in [1.29, 1.82) is 0 Å². The van der Waals surface area contributed by atoms with Gasteiger partial charge in [-0.1, -0.05) is 0 Å². The summed E-state index contributed by atoms with van der Waals surface area (Å²) in [6, 6.07) is 10.9. The molecule has 2 aromatic heterocycles. The molecule has 12 heteroatoms. The van der Waals surface area contributed by atoms with Crippen LogP contribution in [0.1, 0.15) is 17.8 Å². The number of carboxylic acid groups (broad SMARTS) is 1. The van der Waals surface area contributed by atoms with E-state index in [0.717, 1.165) is 12.1 Å². The van der Waals surface area contributed by atoms with Gasteiger partial charge in [0.2, 0.25) is 0 Å². The number of hydrogen-bond acceptors (Lipinski definition) is 4. The summed E-state index contributed by atoms with van der Waals surface area (Å²) in [6.45, 7) is -3.23. The Morgan fingerprint density at radius 3 is 2.44 bits per heavy atom. The van der Waals surface area contributed by atoms with Crippen LogP contribution in [0.5, 0.6) is 11.5 Å². The van der Waals surface area contributed by atoms with Gasteiger partial charge in [-0.15, -0.1) is 13.2 Å². The van der Waals surface area contributed by atoms with E-state index in [9.17, 15) is 26.7 Å². The molecule has 0 spiro atoms. The van der Waals surface area contributed by atoms with E-state index in [-0.39, 0.29) is 24.4 Å². The molecule has 4 aromatic rings. The third-order valence-corrected chi connectivity index (χ3v) is 4.85. The SMILES string of the molecule is O=C(O)Cc1c[nH]c2cc(OCc3cc(-c4ccc(OC(F)(F)F)cc4)nn3C(F)F)ccc12. The number of fused-ring (bicyclic) bond motifs is 1. The Labute approximate surface area is 188 Å². The molecule has 0 saturated carbocycles. The number of hydrogen-bond donors (Lipinski definition) is 2. The zero-order valence-electron chi connectivity index (χ0n) is 17.1. The van der Waals surface area contributed by atoms with Crippen molar-refractivity contribution in [2.45, 2.75) is 25.9 Å². The van der Waals surface area contributed by atoms with Crippen molar-refractivity contribution in [3.63, 3.8) is 0 Å². The predicted molar refractivity (Wildman–Crippen MR) is 110 cm³/mol. The number of H-pyrrole nitrogens is 1. The molecule has 178 valence electrons. The van der Waals surface area contributed by atoms with E-state index in [2.05, 4.69) is 14.8 Å². The molecule has 0 atom stereocenters. The smallest absolute Gasteiger partial charge is 0.487 e. The molecule has 0 aliphatic heterocycles. The highest BCUT2D eigenvalue weighted by molar-refractivity contribution is 5.87. The lowest BCUT2D eigenvalue weighted by Crippen LogP contribution is -2.16. The summed E-state index contributed by atoms with van der Waals surface area (Å²) < 4.78 is 73.8. The standard InChI is InChI=1S/C22H16F5N3O4/c23-21(24)30-14(8-18(29-30)12-1-3-15(4-2-12)34-22(25,26)27)11-33-16-5-6-17-13(7-20(31)32)10-28-19(17)9-16/h1-6,8-10,21,28H,7,11H2,(H,31,32). The molecule has 4 rings (SSSR count). The first kappa shape index (κ1) is 23.1. The van der Waals surface area contributed by atoms with Crippen molar-refractivity contribution in [1.82, 2.24) is 14.8 Å². The van der Waals surface area contributed by atoms with Crippen LogP contribution in [0.3, 0.4) is 0 Å². The van der Waals surface area contributed by atoms with E-state index in [1.165, 1.54) is 18.2 Å². The summed E-state index contributed by atoms with van der Waals surface area (Å²) in [4.78, 5) is 13.9. The van der Waals surface area contributed by atoms with Crippen LogP contribution in [0.15, 0.2) is 54.7 Å². The van der Waals surface area contributed by atoms with Gasteiger partial charge in [0, 0.05) is 28.7 Å². The van der Waals surface area contributed by atoms with Crippen molar-refractivity contribution in [2.75, 3.05) is 0 Å². The molecule has 2 aromatic carbocycles. The largest absolute Gasteiger partial charge is 0.573 e. The van der Waals surface area contributed by atoms with Crippen molar-refractivity contribution < 1.29 is 41.3 Å². The lowest BCUT2D eigenvalue weighted by molar-refractivity contribution is -0.274. The first-order valence-electron chi connectivity index (χ1n) is 9.76. The molecule has 0 aliphatic rings. The lowest BCUT2D eigenvalue weighted by atomic mass is 10.1. The van der Waals surface area contributed by atoms with Gasteiger partial charge in [-0.3, -0.25) is 4.79 Å². The van der Waals surface area contributed by atoms with Gasteiger partial charge in [0.1, 0.15) is 18.1 Å². The maximum atomic E-state index is 13.5. The molecular weight excluding hydrogens is 465 g/mol. The number of alkyl halides is 5. The van der Waals surface area contributed by atoms with Crippen LogP contribution in [0.2, 0.25) is 0 Å². The maximum Gasteiger partial charge on any atom is 0.573 e. The van der Waals surface area contributed by atoms with Crippen LogP contribution in [-0.4, -0.2) is 32.2 Å². The number of nitrogens with zero attached hydrogens (tertiary/aromatic N) is 2. The van der Waals surface area contributed by atoms with Gasteiger partial charge < -0.3 is 19.6 Å². The number of aromatic amines is 1. The van der Waals surface area contributed by atoms with E-state index in [4.69, 9.17) is 9.84 Å². The van der Waals surface area contributed by atoms with Gasteiger partial charge in [-0.05, 0) is 48.0 Å². The van der Waals surface area contributed by atoms with Gasteiger partial charge in [0.05, 0.1) is 17.8 Å². The summed E-state index contributed by atoms with van der Waals surface area (Å²) in [5.74, 6) is -1.06. The monoisotopic (exact) mass is 481 g/mol. The van der Waals surface area contributed by atoms with E-state index in [1.807, 2.05) is 0 Å². The molecule has 0 fully saturated rings. The zero-order valence-corrected chi connectivity index (χ0v) is 17.1. The molecule has 0 aliphatic carbocycles. The third kappa shape index (κ3) is 5.27. The van der Waals surface area contributed by atoms with Crippen molar-refractivity contribution >= 4 is 16.9 Å². The van der Waals surface area contributed by atoms with Crippen LogP contribution in [0.4, 0.5) is 22.0 Å². The molecule has 0 saturated heterocycles. The molecule has 34 heavy (non-hydrogen) atoms. The fourth-order valence-corrected chi connectivity index (χ4v) is 3.40. The molecular formula is C22H16F5N3O4. The second kappa shape index (κ2) is 9.04. The van der Waals surface area contributed by atoms with E-state index < -0.39 is 24.6 Å². The van der Waals surface area contributed by atoms with Crippen LogP contribution >= 0.6 is 0 Å². The van der Waals surface area contributed by atoms with Crippen molar-refractivity contribution in [3.05, 3.63) is 66.0 Å². The Morgan fingerprint density at radius 2 is 1.79 bits per heavy atom. The molecule has 2 heterocycles. The van der Waals surface area contributed by atoms with Gasteiger partial charge in [0.15, 0.2) is 0 Å². The fraction of sp³-hybridized carbons (Fsp3) is 0.182. The average Bonchev–Trinajstić information content (AvgIpc) is 3.36. The van der Waals surface area contributed by atoms with Gasteiger partial charge >= 0.3 is 18.9 Å². The Morgan fingerprint density at radius 1 is 1.09 bits per heavy atom. The molecule has 0 amide bonds. The third-order valence-electron chi connectivity index (χ3n) is 4.85. The highest BCUT2D eigenvalue weighted by Crippen LogP contribution is 2.29. The Balaban J connectivity index is 1.52. The first-order valence-corrected chi connectivity index (χ1v) is 9.76. The fourth-order valence-electron chi connectivity index (χ4n) is 3.40. The van der Waals surface area contributed by atoms with E-state index in [1.54, 1.807) is 24.4 Å². The number of benzene rings is 2. The normalized spacial score (nSPS) is 11.8. The van der Waals surface area contributed by atoms with Crippen LogP contribution in [0.25, 0.3) is 22.2 Å². The summed E-state index contributed by atoms with van der Waals surface area (Å²) in [5, 5.41) is 13.5. The van der Waals surface area contributed by atoms with Gasteiger partial charge in [-0.2, -0.15) is 13.9 Å². The Kier molecular flexibility index (Phi) is 6.14. The number of ether oxygens (including phenoxy) is 2. The molecule has 2 N–H and O–H groups in total. The first-order chi connectivity index (χ1) is 16.1. The number of aliphatic carboxylic acids is 1. The quantitative estimate of drug-likeness (QED) is 0.323. The minimum atomic E-state index is -4.84. The van der Waals surface area contributed by atoms with Crippen LogP contribution in [0, 0.1) is 0 Å². The van der Waals surface area contributed by atoms with E-state index in [0.29, 0.717) is 32.5 Å². The number of carboxylic acids is 1. The highest BCUT2D eigenvalue weighted by Gasteiger charge is 2.31. The Bertz CT molecular complexity index is 1310. The van der Waals surface area contributed by atoms with Crippen molar-refractivity contribution in [3.8, 4) is 22.8 Å². The van der Waals surface area contributed by atoms with Crippen LogP contribution < -0.4 is 9.47 Å². The Hall–Kier alpha value is -4.09. The highest BCUT2D eigenvalue weighted by atomic mass is 19.4. The number of halogens is 5. The second-order valence-corrected chi connectivity index (χ2v) is 7.20. The average molecular weight is 481 g/mol. The predicted octanol–water partition coefficient (Wildman–Crippen LogP) is 5.53. The van der Waals surface area contributed by atoms with Gasteiger partial charge in [-0.25, -0.2) is 4.68 Å². The number of nitrogens with one attached hydrogen (secondary N) is 1. The summed E-state index contributed by atoms with van der Waals surface area (Å²) in [7, 11) is 0. The zero-order chi connectivity index (χ0) is 24.5. The topological polar surface area (TPSA) is 89.4 Å². The molecule has 7 nitrogen and oxygen atoms in total. The maximum absolute atomic E-state index is 13.5. The number of rotatable bonds is 8. The molecule has 0 radical (unpaired) electrons. The lowest BCUT2D eigenvalue weighted by Gasteiger charge is -2.08. The minimum absolute atomic E-state index is 0.0405.